The van der Waals surface area contributed by atoms with E-state index in [9.17, 15) is 17.6 Å². The van der Waals surface area contributed by atoms with Gasteiger partial charge in [0.25, 0.3) is 12.9 Å². The Morgan fingerprint density at radius 2 is 0.857 bits per heavy atom. The molecule has 1 radical (unpaired) electrons. The zero-order valence-corrected chi connectivity index (χ0v) is 4.45. The summed E-state index contributed by atoms with van der Waals surface area (Å²) in [5.74, 6) is 0. The van der Waals surface area contributed by atoms with E-state index < -0.39 is 12.9 Å². The quantitative estimate of drug-likeness (QED) is 0.454. The SMILES string of the molecule is FC(F)C(F)F.[Ag]. The van der Waals surface area contributed by atoms with Crippen molar-refractivity contribution in [3.8, 4) is 0 Å². The Balaban J connectivity index is 0. The van der Waals surface area contributed by atoms with Crippen molar-refractivity contribution in [2.45, 2.75) is 12.9 Å². The number of hydrogen-bond acceptors (Lipinski definition) is 0. The minimum Gasteiger partial charge on any atom is -0.204 e. The van der Waals surface area contributed by atoms with Crippen LogP contribution in [0.4, 0.5) is 17.6 Å². The first-order valence-electron chi connectivity index (χ1n) is 1.21. The van der Waals surface area contributed by atoms with E-state index in [1.54, 1.807) is 0 Å². The van der Waals surface area contributed by atoms with Gasteiger partial charge in [-0.05, 0) is 0 Å². The minimum absolute atomic E-state index is 0. The number of alkyl halides is 4. The summed E-state index contributed by atoms with van der Waals surface area (Å²) in [4.78, 5) is 0. The van der Waals surface area contributed by atoms with Crippen molar-refractivity contribution in [3.63, 3.8) is 0 Å². The van der Waals surface area contributed by atoms with Crippen molar-refractivity contribution >= 4 is 0 Å². The molecule has 0 atom stereocenters. The van der Waals surface area contributed by atoms with Crippen molar-refractivity contribution in [2.24, 2.45) is 0 Å². The van der Waals surface area contributed by atoms with Crippen LogP contribution in [0.25, 0.3) is 0 Å². The second-order valence-corrected chi connectivity index (χ2v) is 0.669. The summed E-state index contributed by atoms with van der Waals surface area (Å²) in [6, 6.07) is 0. The van der Waals surface area contributed by atoms with Gasteiger partial charge in [0.2, 0.25) is 0 Å². The normalized spacial score (nSPS) is 9.43. The topological polar surface area (TPSA) is 0 Å². The fourth-order valence-corrected chi connectivity index (χ4v) is 0. The first-order chi connectivity index (χ1) is 2.64. The monoisotopic (exact) mass is 209 g/mol. The molecule has 0 nitrogen and oxygen atoms in total. The van der Waals surface area contributed by atoms with E-state index in [-0.39, 0.29) is 22.4 Å². The summed E-state index contributed by atoms with van der Waals surface area (Å²) in [7, 11) is 0. The molecular weight excluding hydrogens is 208 g/mol. The van der Waals surface area contributed by atoms with Crippen molar-refractivity contribution in [1.29, 1.82) is 0 Å². The van der Waals surface area contributed by atoms with Crippen molar-refractivity contribution < 1.29 is 39.9 Å². The molecule has 0 aliphatic heterocycles. The molecule has 0 aromatic heterocycles. The molecule has 0 amide bonds. The molecule has 0 N–H and O–H groups in total. The number of halogens is 4. The van der Waals surface area contributed by atoms with Gasteiger partial charge in [-0.1, -0.05) is 0 Å². The van der Waals surface area contributed by atoms with Crippen LogP contribution >= 0.6 is 0 Å². The standard InChI is InChI=1S/C2H2F4.Ag/c3-1(4)2(5)6;/h1-2H;. The number of hydrogen-bond donors (Lipinski definition) is 0. The third-order valence-electron chi connectivity index (χ3n) is 0.190. The summed E-state index contributed by atoms with van der Waals surface area (Å²) in [6.45, 7) is 0. The third kappa shape index (κ3) is 6.46. The van der Waals surface area contributed by atoms with Crippen LogP contribution in [0.15, 0.2) is 0 Å². The van der Waals surface area contributed by atoms with Crippen LogP contribution in [0, 0.1) is 0 Å². The number of rotatable bonds is 1. The maximum absolute atomic E-state index is 10.4. The molecule has 0 fully saturated rings. The Hall–Kier alpha value is 0.460. The molecule has 0 saturated heterocycles. The maximum atomic E-state index is 10.4. The van der Waals surface area contributed by atoms with Crippen molar-refractivity contribution in [3.05, 3.63) is 0 Å². The van der Waals surface area contributed by atoms with Gasteiger partial charge >= 0.3 is 0 Å². The van der Waals surface area contributed by atoms with Gasteiger partial charge in [0, 0.05) is 22.4 Å². The molecule has 0 aromatic rings. The molecule has 7 heavy (non-hydrogen) atoms. The third-order valence-corrected chi connectivity index (χ3v) is 0.190. The summed E-state index contributed by atoms with van der Waals surface area (Å²) in [5.41, 5.74) is 0. The average Bonchev–Trinajstić information content (AvgIpc) is 1.36. The van der Waals surface area contributed by atoms with Crippen LogP contribution in [-0.4, -0.2) is 12.9 Å². The zero-order chi connectivity index (χ0) is 5.15. The van der Waals surface area contributed by atoms with Crippen LogP contribution in [0.5, 0.6) is 0 Å². The Morgan fingerprint density at radius 1 is 0.714 bits per heavy atom. The fraction of sp³-hybridized carbons (Fsp3) is 1.00. The van der Waals surface area contributed by atoms with Gasteiger partial charge < -0.3 is 0 Å². The van der Waals surface area contributed by atoms with E-state index in [0.29, 0.717) is 0 Å². The maximum Gasteiger partial charge on any atom is 0.298 e. The van der Waals surface area contributed by atoms with Gasteiger partial charge in [-0.15, -0.1) is 0 Å². The van der Waals surface area contributed by atoms with E-state index in [2.05, 4.69) is 0 Å². The second-order valence-electron chi connectivity index (χ2n) is 0.669. The molecule has 0 saturated carbocycles. The molecule has 0 rings (SSSR count). The van der Waals surface area contributed by atoms with E-state index in [0.717, 1.165) is 0 Å². The molecule has 0 aliphatic rings. The fourth-order valence-electron chi connectivity index (χ4n) is 0. The summed E-state index contributed by atoms with van der Waals surface area (Å²) in [5, 5.41) is 0. The molecule has 0 aromatic carbocycles. The van der Waals surface area contributed by atoms with E-state index in [4.69, 9.17) is 0 Å². The van der Waals surface area contributed by atoms with Gasteiger partial charge in [-0.3, -0.25) is 0 Å². The molecule has 0 bridgehead atoms. The largest absolute Gasteiger partial charge is 0.298 e. The van der Waals surface area contributed by atoms with E-state index in [1.165, 1.54) is 0 Å². The molecule has 0 heterocycles. The Bertz CT molecular complexity index is 30.7. The summed E-state index contributed by atoms with van der Waals surface area (Å²) in [6.07, 6.45) is -6.96. The van der Waals surface area contributed by atoms with Gasteiger partial charge in [-0.25, -0.2) is 17.6 Å². The minimum atomic E-state index is -3.48. The Kier molecular flexibility index (Phi) is 6.89. The van der Waals surface area contributed by atoms with Gasteiger partial charge in [0.05, 0.1) is 0 Å². The van der Waals surface area contributed by atoms with Crippen LogP contribution in [0.2, 0.25) is 0 Å². The van der Waals surface area contributed by atoms with E-state index >= 15 is 0 Å². The smallest absolute Gasteiger partial charge is 0.204 e. The molecule has 0 aliphatic carbocycles. The predicted molar refractivity (Wildman–Crippen MR) is 12.0 cm³/mol. The van der Waals surface area contributed by atoms with E-state index in [1.807, 2.05) is 0 Å². The average molecular weight is 210 g/mol. The second kappa shape index (κ2) is 4.62. The zero-order valence-electron chi connectivity index (χ0n) is 2.97. The molecule has 0 spiro atoms. The van der Waals surface area contributed by atoms with Crippen molar-refractivity contribution in [1.82, 2.24) is 0 Å². The molecular formula is C2H2AgF4. The first kappa shape index (κ1) is 10.4. The summed E-state index contributed by atoms with van der Waals surface area (Å²) >= 11 is 0. The van der Waals surface area contributed by atoms with Gasteiger partial charge in [-0.2, -0.15) is 0 Å². The van der Waals surface area contributed by atoms with Crippen LogP contribution < -0.4 is 0 Å². The van der Waals surface area contributed by atoms with Crippen LogP contribution in [0.1, 0.15) is 0 Å². The van der Waals surface area contributed by atoms with Crippen molar-refractivity contribution in [2.75, 3.05) is 0 Å². The first-order valence-corrected chi connectivity index (χ1v) is 1.21. The molecule has 49 valence electrons. The Morgan fingerprint density at radius 3 is 0.857 bits per heavy atom. The van der Waals surface area contributed by atoms with Gasteiger partial charge in [0.15, 0.2) is 0 Å². The van der Waals surface area contributed by atoms with Crippen LogP contribution in [0.3, 0.4) is 0 Å². The Labute approximate surface area is 53.4 Å². The van der Waals surface area contributed by atoms with Gasteiger partial charge in [0.1, 0.15) is 0 Å². The molecule has 0 unspecified atom stereocenters. The summed E-state index contributed by atoms with van der Waals surface area (Å²) < 4.78 is 41.6. The predicted octanol–water partition coefficient (Wildman–Crippen LogP) is 1.51. The van der Waals surface area contributed by atoms with Crippen LogP contribution in [-0.2, 0) is 22.4 Å². The molecule has 5 heteroatoms.